The van der Waals surface area contributed by atoms with Gasteiger partial charge in [-0.25, -0.2) is 4.98 Å². The van der Waals surface area contributed by atoms with Crippen LogP contribution in [0.5, 0.6) is 0 Å². The van der Waals surface area contributed by atoms with Gasteiger partial charge >= 0.3 is 6.18 Å². The Hall–Kier alpha value is -4.08. The summed E-state index contributed by atoms with van der Waals surface area (Å²) in [5, 5.41) is 5.97. The standard InChI is InChI=1S/C26H25F3N4O3/c1-16-20-5-3-6-22(21(20)15-33(16)23(7-4-12-34)24(35)30-2)31-13-19-14-32-25(36-19)17-8-10-18(11-9-17)26(27,28)29/h3,5-6,8-12,14,23,31H,1,4,7,13,15H2,2H3,(H,30,35). The number of hydrogen-bond acceptors (Lipinski definition) is 6. The van der Waals surface area contributed by atoms with Gasteiger partial charge in [-0.2, -0.15) is 13.2 Å². The van der Waals surface area contributed by atoms with Crippen LogP contribution in [0.4, 0.5) is 18.9 Å². The zero-order chi connectivity index (χ0) is 25.9. The fourth-order valence-electron chi connectivity index (χ4n) is 4.24. The number of benzene rings is 2. The Morgan fingerprint density at radius 1 is 1.25 bits per heavy atom. The molecule has 3 aromatic rings. The van der Waals surface area contributed by atoms with E-state index in [0.717, 1.165) is 35.2 Å². The second kappa shape index (κ2) is 10.3. The van der Waals surface area contributed by atoms with Crippen molar-refractivity contribution >= 4 is 23.6 Å². The van der Waals surface area contributed by atoms with Crippen LogP contribution >= 0.6 is 0 Å². The van der Waals surface area contributed by atoms with E-state index in [1.54, 1.807) is 7.05 Å². The normalized spacial score (nSPS) is 13.9. The number of likely N-dealkylation sites (N-methyl/N-ethyl adjacent to an activating group) is 1. The Bertz CT molecular complexity index is 1270. The van der Waals surface area contributed by atoms with E-state index in [1.807, 2.05) is 23.1 Å². The van der Waals surface area contributed by atoms with Crippen LogP contribution in [-0.4, -0.2) is 35.2 Å². The Kier molecular flexibility index (Phi) is 7.14. The lowest BCUT2D eigenvalue weighted by atomic mass is 10.1. The third kappa shape index (κ3) is 5.12. The molecule has 188 valence electrons. The van der Waals surface area contributed by atoms with E-state index < -0.39 is 17.8 Å². The number of anilines is 1. The van der Waals surface area contributed by atoms with Crippen LogP contribution in [0.1, 0.15) is 35.3 Å². The first-order valence-electron chi connectivity index (χ1n) is 11.3. The van der Waals surface area contributed by atoms with E-state index >= 15 is 0 Å². The minimum atomic E-state index is -4.41. The maximum atomic E-state index is 12.8. The van der Waals surface area contributed by atoms with Crippen LogP contribution in [0.25, 0.3) is 17.2 Å². The number of nitrogens with zero attached hydrogens (tertiary/aromatic N) is 2. The highest BCUT2D eigenvalue weighted by Gasteiger charge is 2.33. The summed E-state index contributed by atoms with van der Waals surface area (Å²) in [6.07, 6.45) is -1.45. The summed E-state index contributed by atoms with van der Waals surface area (Å²) in [6.45, 7) is 4.91. The topological polar surface area (TPSA) is 87.5 Å². The number of aldehydes is 1. The lowest BCUT2D eigenvalue weighted by Crippen LogP contribution is -2.43. The highest BCUT2D eigenvalue weighted by Crippen LogP contribution is 2.38. The number of carbonyl (C=O) groups is 2. The van der Waals surface area contributed by atoms with Gasteiger partial charge in [0, 0.05) is 48.1 Å². The molecule has 0 bridgehead atoms. The highest BCUT2D eigenvalue weighted by molar-refractivity contribution is 5.85. The molecule has 1 amide bonds. The Morgan fingerprint density at radius 3 is 2.67 bits per heavy atom. The summed E-state index contributed by atoms with van der Waals surface area (Å²) in [7, 11) is 1.56. The lowest BCUT2D eigenvalue weighted by molar-refractivity contribution is -0.137. The molecule has 0 saturated carbocycles. The van der Waals surface area contributed by atoms with Gasteiger partial charge in [-0.1, -0.05) is 18.7 Å². The first-order valence-corrected chi connectivity index (χ1v) is 11.3. The smallest absolute Gasteiger partial charge is 0.416 e. The molecule has 7 nitrogen and oxygen atoms in total. The van der Waals surface area contributed by atoms with Gasteiger partial charge < -0.3 is 24.7 Å². The van der Waals surface area contributed by atoms with Gasteiger partial charge in [-0.15, -0.1) is 0 Å². The van der Waals surface area contributed by atoms with E-state index in [-0.39, 0.29) is 18.2 Å². The van der Waals surface area contributed by atoms with Gasteiger partial charge in [0.15, 0.2) is 0 Å². The molecule has 36 heavy (non-hydrogen) atoms. The number of oxazole rings is 1. The molecule has 1 unspecified atom stereocenters. The van der Waals surface area contributed by atoms with Crippen molar-refractivity contribution in [2.24, 2.45) is 0 Å². The molecule has 0 radical (unpaired) electrons. The van der Waals surface area contributed by atoms with Gasteiger partial charge in [-0.3, -0.25) is 4.79 Å². The number of alkyl halides is 3. The zero-order valence-corrected chi connectivity index (χ0v) is 19.6. The minimum Gasteiger partial charge on any atom is -0.439 e. The van der Waals surface area contributed by atoms with Crippen molar-refractivity contribution in [2.45, 2.75) is 38.1 Å². The molecule has 2 heterocycles. The Morgan fingerprint density at radius 2 is 2.00 bits per heavy atom. The van der Waals surface area contributed by atoms with Crippen molar-refractivity contribution in [3.05, 3.63) is 77.7 Å². The maximum Gasteiger partial charge on any atom is 0.416 e. The van der Waals surface area contributed by atoms with Crippen molar-refractivity contribution < 1.29 is 27.2 Å². The summed E-state index contributed by atoms with van der Waals surface area (Å²) in [5.41, 5.74) is 3.11. The molecular weight excluding hydrogens is 473 g/mol. The number of hydrogen-bond donors (Lipinski definition) is 2. The van der Waals surface area contributed by atoms with Crippen LogP contribution in [-0.2, 0) is 28.9 Å². The Balaban J connectivity index is 1.47. The van der Waals surface area contributed by atoms with Crippen LogP contribution in [0.3, 0.4) is 0 Å². The number of carbonyl (C=O) groups excluding carboxylic acids is 2. The predicted molar refractivity (Wildman–Crippen MR) is 128 cm³/mol. The molecule has 2 N–H and O–H groups in total. The summed E-state index contributed by atoms with van der Waals surface area (Å²) in [5.74, 6) is 0.546. The fraction of sp³-hybridized carbons (Fsp3) is 0.269. The van der Waals surface area contributed by atoms with Crippen molar-refractivity contribution in [2.75, 3.05) is 12.4 Å². The Labute approximate surface area is 206 Å². The molecule has 2 aromatic carbocycles. The molecule has 0 aliphatic carbocycles. The van der Waals surface area contributed by atoms with E-state index in [0.29, 0.717) is 36.5 Å². The van der Waals surface area contributed by atoms with Crippen LogP contribution in [0, 0.1) is 0 Å². The lowest BCUT2D eigenvalue weighted by Gasteiger charge is -2.28. The third-order valence-electron chi connectivity index (χ3n) is 6.11. The molecular formula is C26H25F3N4O3. The molecule has 1 aliphatic rings. The third-order valence-corrected chi connectivity index (χ3v) is 6.11. The van der Waals surface area contributed by atoms with Gasteiger partial charge in [0.05, 0.1) is 18.3 Å². The van der Waals surface area contributed by atoms with Gasteiger partial charge in [-0.05, 0) is 36.8 Å². The van der Waals surface area contributed by atoms with Crippen molar-refractivity contribution in [1.29, 1.82) is 0 Å². The van der Waals surface area contributed by atoms with Crippen LogP contribution in [0.15, 0.2) is 59.7 Å². The van der Waals surface area contributed by atoms with Crippen molar-refractivity contribution in [3.63, 3.8) is 0 Å². The minimum absolute atomic E-state index is 0.183. The summed E-state index contributed by atoms with van der Waals surface area (Å²) in [6, 6.07) is 9.82. The van der Waals surface area contributed by atoms with Crippen molar-refractivity contribution in [3.8, 4) is 11.5 Å². The van der Waals surface area contributed by atoms with Crippen LogP contribution < -0.4 is 10.6 Å². The summed E-state index contributed by atoms with van der Waals surface area (Å²) in [4.78, 5) is 29.5. The van der Waals surface area contributed by atoms with Gasteiger partial charge in [0.2, 0.25) is 11.8 Å². The van der Waals surface area contributed by atoms with Gasteiger partial charge in [0.1, 0.15) is 18.1 Å². The highest BCUT2D eigenvalue weighted by atomic mass is 19.4. The van der Waals surface area contributed by atoms with E-state index in [9.17, 15) is 22.8 Å². The molecule has 10 heteroatoms. The van der Waals surface area contributed by atoms with Gasteiger partial charge in [0.25, 0.3) is 0 Å². The predicted octanol–water partition coefficient (Wildman–Crippen LogP) is 4.85. The second-order valence-electron chi connectivity index (χ2n) is 8.34. The maximum absolute atomic E-state index is 12.8. The molecule has 0 saturated heterocycles. The largest absolute Gasteiger partial charge is 0.439 e. The molecule has 0 spiro atoms. The number of fused-ring (bicyclic) bond motifs is 1. The monoisotopic (exact) mass is 498 g/mol. The first-order chi connectivity index (χ1) is 17.2. The number of nitrogens with one attached hydrogen (secondary N) is 2. The molecule has 1 aromatic heterocycles. The zero-order valence-electron chi connectivity index (χ0n) is 19.6. The first kappa shape index (κ1) is 25.0. The fourth-order valence-corrected chi connectivity index (χ4v) is 4.24. The van der Waals surface area contributed by atoms with E-state index in [4.69, 9.17) is 4.42 Å². The summed E-state index contributed by atoms with van der Waals surface area (Å²) >= 11 is 0. The number of halogens is 3. The SMILES string of the molecule is C=C1c2cccc(NCc3cnc(-c4ccc(C(F)(F)F)cc4)o3)c2CN1C(CCC=O)C(=O)NC. The van der Waals surface area contributed by atoms with Crippen molar-refractivity contribution in [1.82, 2.24) is 15.2 Å². The number of amides is 1. The molecule has 1 atom stereocenters. The van der Waals surface area contributed by atoms with E-state index in [2.05, 4.69) is 22.2 Å². The van der Waals surface area contributed by atoms with E-state index in [1.165, 1.54) is 18.3 Å². The average molecular weight is 499 g/mol. The molecule has 4 rings (SSSR count). The molecule has 0 fully saturated rings. The quantitative estimate of drug-likeness (QED) is 0.410. The molecule has 1 aliphatic heterocycles. The van der Waals surface area contributed by atoms with Crippen LogP contribution in [0.2, 0.25) is 0 Å². The second-order valence-corrected chi connectivity index (χ2v) is 8.34. The summed E-state index contributed by atoms with van der Waals surface area (Å²) < 4.78 is 44.1. The average Bonchev–Trinajstić information content (AvgIpc) is 3.48. The number of aromatic nitrogens is 1. The number of rotatable bonds is 9.